The quantitative estimate of drug-likeness (QED) is 0.406. The summed E-state index contributed by atoms with van der Waals surface area (Å²) in [7, 11) is 13.8. The van der Waals surface area contributed by atoms with E-state index in [0.29, 0.717) is 5.92 Å². The van der Waals surface area contributed by atoms with Crippen LogP contribution in [0.15, 0.2) is 54.6 Å². The zero-order chi connectivity index (χ0) is 19.7. The van der Waals surface area contributed by atoms with Crippen molar-refractivity contribution in [3.8, 4) is 11.5 Å². The Balaban J connectivity index is 1.66. The average Bonchev–Trinajstić information content (AvgIpc) is 2.90. The minimum absolute atomic E-state index is 0.142. The van der Waals surface area contributed by atoms with E-state index in [9.17, 15) is 0 Å². The van der Waals surface area contributed by atoms with Gasteiger partial charge in [-0.05, 0) is 0 Å². The van der Waals surface area contributed by atoms with Crippen LogP contribution in [0.2, 0.25) is 4.47 Å². The van der Waals surface area contributed by atoms with Gasteiger partial charge in [-0.3, -0.25) is 0 Å². The van der Waals surface area contributed by atoms with Crippen LogP contribution in [0.1, 0.15) is 34.1 Å². The van der Waals surface area contributed by atoms with E-state index in [2.05, 4.69) is 27.7 Å². The summed E-state index contributed by atoms with van der Waals surface area (Å²) in [5, 5.41) is 0. The molecule has 148 valence electrons. The molecule has 2 atom stereocenters. The molecule has 1 fully saturated rings. The van der Waals surface area contributed by atoms with Crippen LogP contribution < -0.4 is 8.35 Å². The van der Waals surface area contributed by atoms with E-state index in [4.69, 9.17) is 27.4 Å². The number of hydrogen-bond acceptors (Lipinski definition) is 2. The molecule has 1 heterocycles. The summed E-state index contributed by atoms with van der Waals surface area (Å²) < 4.78 is 14.0. The van der Waals surface area contributed by atoms with Gasteiger partial charge in [-0.15, -0.1) is 0 Å². The molecule has 2 aromatic carbocycles. The topological polar surface area (TPSA) is 18.5 Å². The maximum atomic E-state index is 6.91. The zero-order valence-electron chi connectivity index (χ0n) is 16.3. The first-order valence-electron chi connectivity index (χ1n) is 9.36. The SMILES string of the molecule is CC(C)C1OC(C[Te](Cl)(Cl)c2ccc(Oc3ccccc3)cc2)CC1(C)C. The van der Waals surface area contributed by atoms with Crippen LogP contribution in [-0.2, 0) is 4.74 Å². The molecule has 2 aromatic rings. The van der Waals surface area contributed by atoms with Gasteiger partial charge in [-0.2, -0.15) is 0 Å². The predicted octanol–water partition coefficient (Wildman–Crippen LogP) is 6.45. The monoisotopic (exact) mass is 524 g/mol. The summed E-state index contributed by atoms with van der Waals surface area (Å²) in [5.74, 6) is 2.10. The second kappa shape index (κ2) is 8.52. The number of ether oxygens (including phenoxy) is 2. The standard InChI is InChI=1S/C22H28Cl2O2Te/c1-16(2)21-22(3,4)14-19(26-21)15-27(23,24)20-12-10-18(11-13-20)25-17-8-6-5-7-9-17/h5-13,16,19,21H,14-15H2,1-4H3. The van der Waals surface area contributed by atoms with Crippen LogP contribution in [0, 0.1) is 11.3 Å². The number of hydrogen-bond donors (Lipinski definition) is 0. The normalized spacial score (nSPS) is 22.8. The average molecular weight is 523 g/mol. The molecule has 1 aliphatic rings. The molecule has 0 aromatic heterocycles. The third-order valence-corrected chi connectivity index (χ3v) is 14.1. The molecule has 3 rings (SSSR count). The van der Waals surface area contributed by atoms with Crippen molar-refractivity contribution in [3.63, 3.8) is 0 Å². The van der Waals surface area contributed by atoms with Gasteiger partial charge in [-0.1, -0.05) is 0 Å². The summed E-state index contributed by atoms with van der Waals surface area (Å²) in [6.45, 7) is 9.00. The molecule has 27 heavy (non-hydrogen) atoms. The molecule has 0 radical (unpaired) electrons. The second-order valence-corrected chi connectivity index (χ2v) is 22.0. The van der Waals surface area contributed by atoms with Gasteiger partial charge in [0.05, 0.1) is 0 Å². The molecule has 2 nitrogen and oxygen atoms in total. The summed E-state index contributed by atoms with van der Waals surface area (Å²) in [6.07, 6.45) is 1.41. The van der Waals surface area contributed by atoms with Crippen molar-refractivity contribution in [1.82, 2.24) is 0 Å². The first kappa shape index (κ1) is 21.3. The van der Waals surface area contributed by atoms with Crippen LogP contribution in [0.3, 0.4) is 0 Å². The minimum atomic E-state index is -3.22. The van der Waals surface area contributed by atoms with E-state index >= 15 is 0 Å². The zero-order valence-corrected chi connectivity index (χ0v) is 20.2. The maximum absolute atomic E-state index is 6.91. The molecular weight excluding hydrogens is 495 g/mol. The van der Waals surface area contributed by atoms with Crippen LogP contribution in [0.4, 0.5) is 0 Å². The van der Waals surface area contributed by atoms with Gasteiger partial charge >= 0.3 is 175 Å². The fourth-order valence-corrected chi connectivity index (χ4v) is 11.2. The molecular formula is C22H28Cl2O2Te. The second-order valence-electron chi connectivity index (χ2n) is 8.24. The summed E-state index contributed by atoms with van der Waals surface area (Å²) in [6, 6.07) is 17.7. The Morgan fingerprint density at radius 2 is 1.63 bits per heavy atom. The summed E-state index contributed by atoms with van der Waals surface area (Å²) in [5.41, 5.74) is 0.165. The Bertz CT molecular complexity index is 745. The molecule has 0 spiro atoms. The molecule has 1 aliphatic heterocycles. The Hall–Kier alpha value is -0.430. The van der Waals surface area contributed by atoms with E-state index < -0.39 is 15.9 Å². The molecule has 0 bridgehead atoms. The van der Waals surface area contributed by atoms with Crippen LogP contribution in [0.5, 0.6) is 11.5 Å². The third-order valence-electron chi connectivity index (χ3n) is 5.01. The van der Waals surface area contributed by atoms with Crippen LogP contribution in [0.25, 0.3) is 0 Å². The number of halogens is 2. The molecule has 2 unspecified atom stereocenters. The van der Waals surface area contributed by atoms with Gasteiger partial charge in [0.1, 0.15) is 0 Å². The first-order valence-corrected chi connectivity index (χ1v) is 18.1. The Kier molecular flexibility index (Phi) is 6.71. The van der Waals surface area contributed by atoms with Crippen molar-refractivity contribution in [2.24, 2.45) is 11.3 Å². The molecule has 0 aliphatic carbocycles. The van der Waals surface area contributed by atoms with E-state index in [1.165, 1.54) is 0 Å². The van der Waals surface area contributed by atoms with Crippen molar-refractivity contribution in [2.45, 2.75) is 50.8 Å². The Morgan fingerprint density at radius 1 is 1.04 bits per heavy atom. The van der Waals surface area contributed by atoms with Gasteiger partial charge in [0.15, 0.2) is 0 Å². The molecule has 0 amide bonds. The van der Waals surface area contributed by atoms with Crippen molar-refractivity contribution >= 4 is 37.5 Å². The van der Waals surface area contributed by atoms with E-state index in [1.807, 2.05) is 54.6 Å². The summed E-state index contributed by atoms with van der Waals surface area (Å²) >= 11 is -3.22. The predicted molar refractivity (Wildman–Crippen MR) is 117 cm³/mol. The number of benzene rings is 2. The number of para-hydroxylation sites is 1. The van der Waals surface area contributed by atoms with Gasteiger partial charge in [0, 0.05) is 0 Å². The van der Waals surface area contributed by atoms with Gasteiger partial charge in [0.25, 0.3) is 0 Å². The Morgan fingerprint density at radius 3 is 2.19 bits per heavy atom. The van der Waals surface area contributed by atoms with Crippen molar-refractivity contribution in [1.29, 1.82) is 0 Å². The Labute approximate surface area is 174 Å². The van der Waals surface area contributed by atoms with E-state index in [0.717, 1.165) is 26.0 Å². The number of rotatable bonds is 6. The molecule has 5 heteroatoms. The van der Waals surface area contributed by atoms with Crippen molar-refractivity contribution in [2.75, 3.05) is 0 Å². The van der Waals surface area contributed by atoms with E-state index in [1.54, 1.807) is 0 Å². The fourth-order valence-electron chi connectivity index (χ4n) is 3.96. The van der Waals surface area contributed by atoms with Gasteiger partial charge in [0.2, 0.25) is 0 Å². The van der Waals surface area contributed by atoms with Crippen LogP contribution in [-0.4, -0.2) is 28.1 Å². The van der Waals surface area contributed by atoms with E-state index in [-0.39, 0.29) is 17.6 Å². The molecule has 0 saturated carbocycles. The van der Waals surface area contributed by atoms with Gasteiger partial charge in [-0.25, -0.2) is 0 Å². The third kappa shape index (κ3) is 5.34. The van der Waals surface area contributed by atoms with Gasteiger partial charge < -0.3 is 0 Å². The van der Waals surface area contributed by atoms with Crippen molar-refractivity contribution < 1.29 is 9.47 Å². The fraction of sp³-hybridized carbons (Fsp3) is 0.455. The first-order chi connectivity index (χ1) is 12.7. The van der Waals surface area contributed by atoms with Crippen molar-refractivity contribution in [3.05, 3.63) is 54.6 Å². The molecule has 1 saturated heterocycles. The summed E-state index contributed by atoms with van der Waals surface area (Å²) in [4.78, 5) is 0. The molecule has 0 N–H and O–H groups in total. The van der Waals surface area contributed by atoms with Crippen LogP contribution >= 0.6 is 17.9 Å².